The van der Waals surface area contributed by atoms with E-state index in [4.69, 9.17) is 0 Å². The SMILES string of the molecule is CCc1ccc(O)c(C=NCCN(CCN=Cc2cc(C)ccc2O)C[I-]N=Cc2cc(C)ccc2O)c1. The van der Waals surface area contributed by atoms with Gasteiger partial charge in [0.15, 0.2) is 0 Å². The fourth-order valence-electron chi connectivity index (χ4n) is 3.63. The molecule has 0 aliphatic carbocycles. The molecule has 3 aromatic carbocycles. The average molecular weight is 628 g/mol. The Hall–Kier alpha value is -3.24. The van der Waals surface area contributed by atoms with Crippen molar-refractivity contribution in [3.05, 3.63) is 88.0 Å². The molecule has 8 heteroatoms. The first-order chi connectivity index (χ1) is 18.4. The summed E-state index contributed by atoms with van der Waals surface area (Å²) >= 11 is -0.519. The molecule has 0 heterocycles. The molecule has 0 aliphatic heterocycles. The van der Waals surface area contributed by atoms with E-state index in [2.05, 4.69) is 25.0 Å². The van der Waals surface area contributed by atoms with Crippen LogP contribution in [-0.4, -0.2) is 69.6 Å². The summed E-state index contributed by atoms with van der Waals surface area (Å²) in [4.78, 5) is 11.4. The van der Waals surface area contributed by atoms with Gasteiger partial charge in [0, 0.05) is 0 Å². The molecule has 3 rings (SSSR count). The second-order valence-electron chi connectivity index (χ2n) is 9.03. The van der Waals surface area contributed by atoms with Gasteiger partial charge in [-0.05, 0) is 0 Å². The van der Waals surface area contributed by atoms with Crippen molar-refractivity contribution < 1.29 is 36.8 Å². The van der Waals surface area contributed by atoms with Crippen molar-refractivity contribution in [3.63, 3.8) is 0 Å². The van der Waals surface area contributed by atoms with Crippen LogP contribution in [0.15, 0.2) is 67.8 Å². The third-order valence-corrected chi connectivity index (χ3v) is 7.84. The van der Waals surface area contributed by atoms with Crippen LogP contribution in [0.2, 0.25) is 0 Å². The molecule has 202 valence electrons. The second kappa shape index (κ2) is 15.2. The van der Waals surface area contributed by atoms with E-state index in [1.54, 1.807) is 36.8 Å². The number of hydrogen-bond donors (Lipinski definition) is 3. The molecule has 0 atom stereocenters. The Morgan fingerprint density at radius 3 is 1.76 bits per heavy atom. The van der Waals surface area contributed by atoms with Crippen LogP contribution >= 0.6 is 0 Å². The van der Waals surface area contributed by atoms with Crippen molar-refractivity contribution in [2.45, 2.75) is 27.2 Å². The number of hydrogen-bond acceptors (Lipinski definition) is 7. The molecule has 0 saturated carbocycles. The van der Waals surface area contributed by atoms with Gasteiger partial charge in [0.05, 0.1) is 0 Å². The van der Waals surface area contributed by atoms with Gasteiger partial charge in [-0.25, -0.2) is 0 Å². The predicted octanol–water partition coefficient (Wildman–Crippen LogP) is 1.90. The number of benzene rings is 3. The summed E-state index contributed by atoms with van der Waals surface area (Å²) in [5.74, 6) is 0.690. The van der Waals surface area contributed by atoms with Crippen LogP contribution in [0.1, 0.15) is 40.3 Å². The van der Waals surface area contributed by atoms with Gasteiger partial charge in [0.2, 0.25) is 0 Å². The fourth-order valence-corrected chi connectivity index (χ4v) is 5.42. The normalized spacial score (nSPS) is 12.1. The number of phenolic OH excluding ortho intramolecular Hbond substituents is 3. The number of alkyl halides is 1. The van der Waals surface area contributed by atoms with Gasteiger partial charge >= 0.3 is 237 Å². The van der Waals surface area contributed by atoms with Gasteiger partial charge < -0.3 is 0 Å². The Labute approximate surface area is 235 Å². The monoisotopic (exact) mass is 627 g/mol. The summed E-state index contributed by atoms with van der Waals surface area (Å²) in [5.41, 5.74) is 5.48. The molecular weight excluding hydrogens is 591 g/mol. The molecule has 0 bridgehead atoms. The topological polar surface area (TPSA) is 101 Å². The number of aliphatic imine (C=N–C) groups is 2. The van der Waals surface area contributed by atoms with E-state index >= 15 is 0 Å². The Balaban J connectivity index is 1.59. The van der Waals surface area contributed by atoms with Gasteiger partial charge in [-0.1, -0.05) is 0 Å². The Morgan fingerprint density at radius 1 is 0.711 bits per heavy atom. The number of phenols is 3. The molecule has 7 nitrogen and oxygen atoms in total. The van der Waals surface area contributed by atoms with Crippen LogP contribution in [0.3, 0.4) is 0 Å². The summed E-state index contributed by atoms with van der Waals surface area (Å²) < 4.78 is 5.45. The van der Waals surface area contributed by atoms with Crippen LogP contribution in [0.5, 0.6) is 17.2 Å². The zero-order valence-electron chi connectivity index (χ0n) is 22.2. The molecule has 0 fully saturated rings. The van der Waals surface area contributed by atoms with Gasteiger partial charge in [0.25, 0.3) is 0 Å². The third kappa shape index (κ3) is 9.57. The predicted molar refractivity (Wildman–Crippen MR) is 152 cm³/mol. The summed E-state index contributed by atoms with van der Waals surface area (Å²) in [6, 6.07) is 16.6. The number of nitrogens with zero attached hydrogens (tertiary/aromatic N) is 4. The van der Waals surface area contributed by atoms with Crippen molar-refractivity contribution in [2.24, 2.45) is 13.2 Å². The molecule has 0 aliphatic rings. The average Bonchev–Trinajstić information content (AvgIpc) is 2.91. The molecule has 0 aromatic heterocycles. The van der Waals surface area contributed by atoms with Crippen LogP contribution in [-0.2, 0) is 6.42 Å². The van der Waals surface area contributed by atoms with Crippen molar-refractivity contribution in [2.75, 3.05) is 30.7 Å². The molecule has 0 unspecified atom stereocenters. The quantitative estimate of drug-likeness (QED) is 0.117. The van der Waals surface area contributed by atoms with Gasteiger partial charge in [-0.15, -0.1) is 0 Å². The number of rotatable bonds is 13. The van der Waals surface area contributed by atoms with Gasteiger partial charge in [0.1, 0.15) is 0 Å². The van der Waals surface area contributed by atoms with Crippen molar-refractivity contribution in [1.29, 1.82) is 0 Å². The van der Waals surface area contributed by atoms with Crippen molar-refractivity contribution >= 4 is 18.6 Å². The van der Waals surface area contributed by atoms with Crippen molar-refractivity contribution in [1.82, 2.24) is 4.90 Å². The summed E-state index contributed by atoms with van der Waals surface area (Å²) in [6.07, 6.45) is 6.11. The maximum absolute atomic E-state index is 10.1. The zero-order chi connectivity index (χ0) is 27.3. The molecular formula is C30H36IN4O3-. The van der Waals surface area contributed by atoms with Crippen LogP contribution in [0.25, 0.3) is 0 Å². The van der Waals surface area contributed by atoms with E-state index in [9.17, 15) is 15.3 Å². The van der Waals surface area contributed by atoms with E-state index in [-0.39, 0.29) is 17.2 Å². The summed E-state index contributed by atoms with van der Waals surface area (Å²) in [6.45, 7) is 8.70. The van der Waals surface area contributed by atoms with Crippen LogP contribution in [0.4, 0.5) is 0 Å². The Kier molecular flexibility index (Phi) is 11.8. The second-order valence-corrected chi connectivity index (χ2v) is 10.9. The van der Waals surface area contributed by atoms with E-state index in [0.29, 0.717) is 18.7 Å². The van der Waals surface area contributed by atoms with Crippen LogP contribution in [0, 0.1) is 13.8 Å². The van der Waals surface area contributed by atoms with Crippen LogP contribution < -0.4 is 21.5 Å². The Bertz CT molecular complexity index is 1220. The number of aryl methyl sites for hydroxylation is 3. The molecule has 0 saturated heterocycles. The standard InChI is InChI=1S/C30H36IN4O3/c1-4-24-7-10-30(38)27(17-24)19-33-12-14-35(13-11-32-18-25-15-22(2)5-8-28(25)36)21-31-34-20-26-16-23(3)6-9-29(26)37/h5-10,15-20,36-38H,4,11-14,21H2,1-3H3/q-1. The first-order valence-corrected chi connectivity index (χ1v) is 15.1. The van der Waals surface area contributed by atoms with E-state index < -0.39 is 21.5 Å². The Morgan fingerprint density at radius 2 is 1.21 bits per heavy atom. The van der Waals surface area contributed by atoms with E-state index in [1.807, 2.05) is 50.2 Å². The summed E-state index contributed by atoms with van der Waals surface area (Å²) in [7, 11) is 0. The molecule has 0 spiro atoms. The first-order valence-electron chi connectivity index (χ1n) is 12.6. The molecule has 38 heavy (non-hydrogen) atoms. The summed E-state index contributed by atoms with van der Waals surface area (Å²) in [5, 5.41) is 30.2. The fraction of sp³-hybridized carbons (Fsp3) is 0.300. The maximum atomic E-state index is 10.1. The van der Waals surface area contributed by atoms with E-state index in [1.165, 1.54) is 0 Å². The number of halogens is 1. The van der Waals surface area contributed by atoms with Gasteiger partial charge in [-0.3, -0.25) is 0 Å². The minimum absolute atomic E-state index is 0.223. The molecule has 0 radical (unpaired) electrons. The number of aromatic hydroxyl groups is 3. The zero-order valence-corrected chi connectivity index (χ0v) is 24.3. The molecule has 3 aromatic rings. The molecule has 3 N–H and O–H groups in total. The van der Waals surface area contributed by atoms with E-state index in [0.717, 1.165) is 51.9 Å². The van der Waals surface area contributed by atoms with Gasteiger partial charge in [-0.2, -0.15) is 0 Å². The first kappa shape index (κ1) is 29.3. The molecule has 0 amide bonds. The van der Waals surface area contributed by atoms with Crippen molar-refractivity contribution in [3.8, 4) is 17.2 Å². The third-order valence-electron chi connectivity index (χ3n) is 5.90. The minimum atomic E-state index is -0.519.